The van der Waals surface area contributed by atoms with Gasteiger partial charge < -0.3 is 5.11 Å². The van der Waals surface area contributed by atoms with Gasteiger partial charge >= 0.3 is 5.97 Å². The summed E-state index contributed by atoms with van der Waals surface area (Å²) in [5.41, 5.74) is -0.113. The predicted octanol–water partition coefficient (Wildman–Crippen LogP) is 4.45. The van der Waals surface area contributed by atoms with Crippen molar-refractivity contribution in [2.45, 2.75) is 25.2 Å². The Bertz CT molecular complexity index is 642. The van der Waals surface area contributed by atoms with Crippen LogP contribution in [0.15, 0.2) is 48.5 Å². The smallest absolute Gasteiger partial charge is 0.314 e. The van der Waals surface area contributed by atoms with E-state index in [0.29, 0.717) is 22.6 Å². The third kappa shape index (κ3) is 3.08. The quantitative estimate of drug-likeness (QED) is 0.886. The van der Waals surface area contributed by atoms with Crippen LogP contribution in [0.4, 0.5) is 4.39 Å². The number of hydrogen-bond acceptors (Lipinski definition) is 1. The van der Waals surface area contributed by atoms with Gasteiger partial charge in [0.05, 0.1) is 5.41 Å². The average molecular weight is 307 g/mol. The van der Waals surface area contributed by atoms with Gasteiger partial charge in [0.1, 0.15) is 5.82 Å². The molecule has 0 spiro atoms. The minimum atomic E-state index is -1.14. The molecule has 0 radical (unpaired) electrons. The van der Waals surface area contributed by atoms with Crippen molar-refractivity contribution in [2.75, 3.05) is 0 Å². The second-order valence-corrected chi connectivity index (χ2v) is 5.46. The molecule has 110 valence electrons. The second kappa shape index (κ2) is 6.27. The molecule has 1 N–H and O–H groups in total. The van der Waals surface area contributed by atoms with Crippen LogP contribution >= 0.6 is 11.6 Å². The summed E-state index contributed by atoms with van der Waals surface area (Å²) in [7, 11) is 0. The fraction of sp³-hybridized carbons (Fsp3) is 0.235. The van der Waals surface area contributed by atoms with Crippen LogP contribution in [0.3, 0.4) is 0 Å². The molecule has 2 aromatic carbocycles. The molecular weight excluding hydrogens is 291 g/mol. The standard InChI is InChI=1S/C17H16ClFO2/c1-2-17(16(20)21,13-6-4-3-5-7-13)11-12-8-9-14(18)10-15(12)19/h3-10H,2,11H2,1H3,(H,20,21). The maximum Gasteiger partial charge on any atom is 0.314 e. The number of carboxylic acid groups (broad SMARTS) is 1. The molecule has 0 aliphatic heterocycles. The molecule has 1 atom stereocenters. The van der Waals surface area contributed by atoms with Gasteiger partial charge in [-0.25, -0.2) is 4.39 Å². The Hall–Kier alpha value is -1.87. The van der Waals surface area contributed by atoms with Crippen LogP contribution in [0.25, 0.3) is 0 Å². The third-order valence-electron chi connectivity index (χ3n) is 3.85. The molecule has 0 saturated heterocycles. The van der Waals surface area contributed by atoms with Crippen LogP contribution in [0.1, 0.15) is 24.5 Å². The summed E-state index contributed by atoms with van der Waals surface area (Å²) >= 11 is 5.75. The predicted molar refractivity (Wildman–Crippen MR) is 81.2 cm³/mol. The minimum absolute atomic E-state index is 0.0891. The molecule has 0 heterocycles. The summed E-state index contributed by atoms with van der Waals surface area (Å²) in [5.74, 6) is -1.43. The van der Waals surface area contributed by atoms with Crippen molar-refractivity contribution >= 4 is 17.6 Å². The second-order valence-electron chi connectivity index (χ2n) is 5.02. The first-order valence-corrected chi connectivity index (χ1v) is 7.10. The summed E-state index contributed by atoms with van der Waals surface area (Å²) in [6.07, 6.45) is 0.459. The van der Waals surface area contributed by atoms with Gasteiger partial charge in [-0.05, 0) is 36.1 Å². The molecule has 2 rings (SSSR count). The number of benzene rings is 2. The van der Waals surface area contributed by atoms with Crippen molar-refractivity contribution in [3.63, 3.8) is 0 Å². The van der Waals surface area contributed by atoms with E-state index in [1.165, 1.54) is 6.07 Å². The van der Waals surface area contributed by atoms with Gasteiger partial charge in [-0.1, -0.05) is 54.9 Å². The monoisotopic (exact) mass is 306 g/mol. The van der Waals surface area contributed by atoms with E-state index in [2.05, 4.69) is 0 Å². The van der Waals surface area contributed by atoms with Gasteiger partial charge in [0, 0.05) is 5.02 Å². The van der Waals surface area contributed by atoms with Crippen LogP contribution in [-0.4, -0.2) is 11.1 Å². The highest BCUT2D eigenvalue weighted by atomic mass is 35.5. The van der Waals surface area contributed by atoms with Crippen LogP contribution < -0.4 is 0 Å². The SMILES string of the molecule is CCC(Cc1ccc(Cl)cc1F)(C(=O)O)c1ccccc1. The summed E-state index contributed by atoms with van der Waals surface area (Å²) in [4.78, 5) is 11.9. The van der Waals surface area contributed by atoms with E-state index in [1.807, 2.05) is 6.07 Å². The first-order chi connectivity index (χ1) is 9.99. The zero-order valence-electron chi connectivity index (χ0n) is 11.6. The van der Waals surface area contributed by atoms with Crippen molar-refractivity contribution in [1.82, 2.24) is 0 Å². The highest BCUT2D eigenvalue weighted by Crippen LogP contribution is 2.33. The molecule has 0 bridgehead atoms. The van der Waals surface area contributed by atoms with Crippen molar-refractivity contribution < 1.29 is 14.3 Å². The lowest BCUT2D eigenvalue weighted by atomic mass is 9.73. The number of aliphatic carboxylic acids is 1. The highest BCUT2D eigenvalue weighted by molar-refractivity contribution is 6.30. The van der Waals surface area contributed by atoms with E-state index in [0.717, 1.165) is 0 Å². The Morgan fingerprint density at radius 3 is 2.43 bits per heavy atom. The normalized spacial score (nSPS) is 13.7. The molecule has 4 heteroatoms. The van der Waals surface area contributed by atoms with Gasteiger partial charge in [0.25, 0.3) is 0 Å². The minimum Gasteiger partial charge on any atom is -0.481 e. The molecule has 0 saturated carbocycles. The third-order valence-corrected chi connectivity index (χ3v) is 4.08. The van der Waals surface area contributed by atoms with E-state index >= 15 is 0 Å². The average Bonchev–Trinajstić information content (AvgIpc) is 2.47. The van der Waals surface area contributed by atoms with Crippen LogP contribution in [0.2, 0.25) is 5.02 Å². The van der Waals surface area contributed by atoms with Gasteiger partial charge in [-0.15, -0.1) is 0 Å². The highest BCUT2D eigenvalue weighted by Gasteiger charge is 2.39. The van der Waals surface area contributed by atoms with Crippen molar-refractivity contribution in [2.24, 2.45) is 0 Å². The summed E-state index contributed by atoms with van der Waals surface area (Å²) in [5, 5.41) is 10.0. The molecule has 21 heavy (non-hydrogen) atoms. The topological polar surface area (TPSA) is 37.3 Å². The van der Waals surface area contributed by atoms with Gasteiger partial charge in [-0.2, -0.15) is 0 Å². The van der Waals surface area contributed by atoms with Crippen molar-refractivity contribution in [1.29, 1.82) is 0 Å². The number of hydrogen-bond donors (Lipinski definition) is 1. The van der Waals surface area contributed by atoms with E-state index in [9.17, 15) is 14.3 Å². The number of halogens is 2. The van der Waals surface area contributed by atoms with Crippen LogP contribution in [0, 0.1) is 5.82 Å². The Morgan fingerprint density at radius 1 is 1.24 bits per heavy atom. The summed E-state index contributed by atoms with van der Waals surface area (Å²) in [6.45, 7) is 1.80. The Labute approximate surface area is 128 Å². The van der Waals surface area contributed by atoms with Crippen LogP contribution in [0.5, 0.6) is 0 Å². The largest absolute Gasteiger partial charge is 0.481 e. The zero-order chi connectivity index (χ0) is 15.5. The fourth-order valence-electron chi connectivity index (χ4n) is 2.53. The van der Waals surface area contributed by atoms with Gasteiger partial charge in [0.2, 0.25) is 0 Å². The molecule has 1 unspecified atom stereocenters. The fourth-order valence-corrected chi connectivity index (χ4v) is 2.69. The molecule has 2 nitrogen and oxygen atoms in total. The molecule has 0 fully saturated rings. The van der Waals surface area contributed by atoms with Gasteiger partial charge in [-0.3, -0.25) is 4.79 Å². The number of carboxylic acids is 1. The van der Waals surface area contributed by atoms with E-state index < -0.39 is 17.2 Å². The molecule has 0 aliphatic carbocycles. The summed E-state index contributed by atoms with van der Waals surface area (Å²) in [6, 6.07) is 13.3. The molecule has 2 aromatic rings. The molecule has 0 aromatic heterocycles. The molecule has 0 amide bonds. The van der Waals surface area contributed by atoms with E-state index in [1.54, 1.807) is 43.3 Å². The van der Waals surface area contributed by atoms with E-state index in [-0.39, 0.29) is 6.42 Å². The zero-order valence-corrected chi connectivity index (χ0v) is 12.4. The van der Waals surface area contributed by atoms with E-state index in [4.69, 9.17) is 11.6 Å². The maximum absolute atomic E-state index is 14.0. The summed E-state index contributed by atoms with van der Waals surface area (Å²) < 4.78 is 14.0. The lowest BCUT2D eigenvalue weighted by molar-refractivity contribution is -0.144. The van der Waals surface area contributed by atoms with Crippen molar-refractivity contribution in [3.05, 3.63) is 70.5 Å². The number of rotatable bonds is 5. The lowest BCUT2D eigenvalue weighted by Gasteiger charge is -2.29. The van der Waals surface area contributed by atoms with Crippen LogP contribution in [-0.2, 0) is 16.6 Å². The Balaban J connectivity index is 2.49. The molecular formula is C17H16ClFO2. The number of carbonyl (C=O) groups is 1. The first kappa shape index (κ1) is 15.5. The maximum atomic E-state index is 14.0. The Morgan fingerprint density at radius 2 is 1.90 bits per heavy atom. The Kier molecular flexibility index (Phi) is 4.63. The van der Waals surface area contributed by atoms with Crippen molar-refractivity contribution in [3.8, 4) is 0 Å². The molecule has 0 aliphatic rings. The lowest BCUT2D eigenvalue weighted by Crippen LogP contribution is -2.37. The first-order valence-electron chi connectivity index (χ1n) is 6.72. The van der Waals surface area contributed by atoms with Gasteiger partial charge in [0.15, 0.2) is 0 Å².